The van der Waals surface area contributed by atoms with Crippen molar-refractivity contribution in [3.05, 3.63) is 63.3 Å². The van der Waals surface area contributed by atoms with Gasteiger partial charge in [0.1, 0.15) is 11.4 Å². The van der Waals surface area contributed by atoms with Crippen molar-refractivity contribution in [3.63, 3.8) is 0 Å². The largest absolute Gasteiger partial charge is 0.343 e. The lowest BCUT2D eigenvalue weighted by Gasteiger charge is -2.11. The molecule has 1 heterocycles. The first-order valence-electron chi connectivity index (χ1n) is 8.43. The van der Waals surface area contributed by atoms with Gasteiger partial charge in [0, 0.05) is 12.2 Å². The Labute approximate surface area is 150 Å². The van der Waals surface area contributed by atoms with Crippen molar-refractivity contribution >= 4 is 17.5 Å². The monoisotopic (exact) mass is 357 g/mol. The van der Waals surface area contributed by atoms with Gasteiger partial charge in [-0.15, -0.1) is 0 Å². The van der Waals surface area contributed by atoms with Crippen LogP contribution in [0.5, 0.6) is 0 Å². The van der Waals surface area contributed by atoms with Gasteiger partial charge in [-0.1, -0.05) is 6.07 Å². The van der Waals surface area contributed by atoms with Crippen LogP contribution < -0.4 is 16.2 Å². The lowest BCUT2D eigenvalue weighted by atomic mass is 10.1. The molecule has 7 heteroatoms. The Morgan fingerprint density at radius 3 is 2.62 bits per heavy atom. The van der Waals surface area contributed by atoms with Crippen molar-refractivity contribution in [2.45, 2.75) is 32.7 Å². The Kier molecular flexibility index (Phi) is 4.88. The smallest absolute Gasteiger partial charge is 0.263 e. The molecular formula is C19H20FN3O3. The number of carbonyl (C=O) groups excluding carboxylic acids is 2. The zero-order valence-electron chi connectivity index (χ0n) is 14.6. The first-order chi connectivity index (χ1) is 12.4. The summed E-state index contributed by atoms with van der Waals surface area (Å²) in [6, 6.07) is 6.31. The van der Waals surface area contributed by atoms with Crippen LogP contribution in [0.1, 0.15) is 40.4 Å². The second kappa shape index (κ2) is 7.11. The average Bonchev–Trinajstić information content (AvgIpc) is 3.40. The number of nitrogens with one attached hydrogen (secondary N) is 2. The Morgan fingerprint density at radius 1 is 1.23 bits per heavy atom. The number of aryl methyl sites for hydroxylation is 2. The Balaban J connectivity index is 1.66. The number of aromatic nitrogens is 1. The fourth-order valence-electron chi connectivity index (χ4n) is 2.72. The van der Waals surface area contributed by atoms with E-state index in [1.807, 2.05) is 0 Å². The summed E-state index contributed by atoms with van der Waals surface area (Å²) in [5, 5.41) is 4.83. The number of hydrogen-bond acceptors (Lipinski definition) is 3. The van der Waals surface area contributed by atoms with Crippen molar-refractivity contribution in [2.75, 3.05) is 11.9 Å². The zero-order chi connectivity index (χ0) is 18.8. The normalized spacial score (nSPS) is 13.3. The molecule has 26 heavy (non-hydrogen) atoms. The number of rotatable bonds is 5. The van der Waals surface area contributed by atoms with Crippen LogP contribution in [0.3, 0.4) is 0 Å². The molecule has 2 amide bonds. The highest BCUT2D eigenvalue weighted by atomic mass is 19.1. The van der Waals surface area contributed by atoms with E-state index in [1.165, 1.54) is 12.1 Å². The molecule has 1 aromatic carbocycles. The van der Waals surface area contributed by atoms with Crippen molar-refractivity contribution < 1.29 is 14.0 Å². The van der Waals surface area contributed by atoms with Crippen molar-refractivity contribution in [1.29, 1.82) is 0 Å². The maximum Gasteiger partial charge on any atom is 0.263 e. The second-order valence-corrected chi connectivity index (χ2v) is 6.53. The van der Waals surface area contributed by atoms with Crippen LogP contribution in [0.15, 0.2) is 35.3 Å². The Bertz CT molecular complexity index is 932. The van der Waals surface area contributed by atoms with Crippen LogP contribution in [-0.4, -0.2) is 22.9 Å². The molecule has 0 radical (unpaired) electrons. The first-order valence-corrected chi connectivity index (χ1v) is 8.43. The molecular weight excluding hydrogens is 337 g/mol. The van der Waals surface area contributed by atoms with Gasteiger partial charge >= 0.3 is 0 Å². The minimum Gasteiger partial charge on any atom is -0.343 e. The minimum atomic E-state index is -0.609. The Hall–Kier alpha value is -2.96. The van der Waals surface area contributed by atoms with Crippen molar-refractivity contribution in [1.82, 2.24) is 9.88 Å². The molecule has 1 saturated carbocycles. The van der Waals surface area contributed by atoms with E-state index in [1.54, 1.807) is 36.7 Å². The lowest BCUT2D eigenvalue weighted by molar-refractivity contribution is -0.115. The molecule has 6 nitrogen and oxygen atoms in total. The molecule has 1 aromatic heterocycles. The molecule has 1 aliphatic rings. The number of pyridine rings is 1. The molecule has 136 valence electrons. The van der Waals surface area contributed by atoms with Gasteiger partial charge in [-0.3, -0.25) is 14.4 Å². The number of amides is 2. The van der Waals surface area contributed by atoms with E-state index in [4.69, 9.17) is 0 Å². The molecule has 2 N–H and O–H groups in total. The van der Waals surface area contributed by atoms with Gasteiger partial charge in [-0.05, 0) is 56.0 Å². The van der Waals surface area contributed by atoms with Crippen LogP contribution in [0, 0.1) is 19.7 Å². The zero-order valence-corrected chi connectivity index (χ0v) is 14.6. The standard InChI is InChI=1S/C19H20FN3O3/c1-11-3-6-15(14(20)9-11)22-16(24)10-21-18(25)17-12(2)7-8-23(19(17)26)13-4-5-13/h3,6-9,13H,4-5,10H2,1-2H3,(H,21,25)(H,22,24). The quantitative estimate of drug-likeness (QED) is 0.862. The van der Waals surface area contributed by atoms with E-state index in [0.29, 0.717) is 5.56 Å². The number of anilines is 1. The third-order valence-electron chi connectivity index (χ3n) is 4.30. The maximum atomic E-state index is 13.8. The number of halogens is 1. The summed E-state index contributed by atoms with van der Waals surface area (Å²) in [6.07, 6.45) is 3.54. The molecule has 1 aliphatic carbocycles. The molecule has 0 saturated heterocycles. The Morgan fingerprint density at radius 2 is 1.96 bits per heavy atom. The van der Waals surface area contributed by atoms with Gasteiger partial charge < -0.3 is 15.2 Å². The average molecular weight is 357 g/mol. The van der Waals surface area contributed by atoms with Gasteiger partial charge in [0.25, 0.3) is 11.5 Å². The first kappa shape index (κ1) is 17.8. The van der Waals surface area contributed by atoms with E-state index in [2.05, 4.69) is 10.6 Å². The third kappa shape index (κ3) is 3.82. The van der Waals surface area contributed by atoms with Crippen LogP contribution in [0.4, 0.5) is 10.1 Å². The van der Waals surface area contributed by atoms with Crippen molar-refractivity contribution in [3.8, 4) is 0 Å². The number of hydrogen-bond donors (Lipinski definition) is 2. The third-order valence-corrected chi connectivity index (χ3v) is 4.30. The summed E-state index contributed by atoms with van der Waals surface area (Å²) in [5.41, 5.74) is 1.01. The van der Waals surface area contributed by atoms with Crippen LogP contribution >= 0.6 is 0 Å². The van der Waals surface area contributed by atoms with E-state index < -0.39 is 17.6 Å². The van der Waals surface area contributed by atoms with E-state index in [0.717, 1.165) is 18.4 Å². The summed E-state index contributed by atoms with van der Waals surface area (Å²) in [4.78, 5) is 36.8. The molecule has 0 atom stereocenters. The fraction of sp³-hybridized carbons (Fsp3) is 0.316. The van der Waals surface area contributed by atoms with Gasteiger partial charge in [0.05, 0.1) is 12.2 Å². The van der Waals surface area contributed by atoms with E-state index in [9.17, 15) is 18.8 Å². The SMILES string of the molecule is Cc1ccc(NC(=O)CNC(=O)c2c(C)ccn(C3CC3)c2=O)c(F)c1. The number of benzene rings is 1. The molecule has 2 aromatic rings. The molecule has 0 unspecified atom stereocenters. The number of carbonyl (C=O) groups is 2. The van der Waals surface area contributed by atoms with Gasteiger partial charge in [0.2, 0.25) is 5.91 Å². The highest BCUT2D eigenvalue weighted by Gasteiger charge is 2.27. The highest BCUT2D eigenvalue weighted by Crippen LogP contribution is 2.33. The van der Waals surface area contributed by atoms with Gasteiger partial charge in [-0.25, -0.2) is 4.39 Å². The molecule has 0 aliphatic heterocycles. The van der Waals surface area contributed by atoms with Crippen molar-refractivity contribution in [2.24, 2.45) is 0 Å². The molecule has 0 bridgehead atoms. The van der Waals surface area contributed by atoms with E-state index in [-0.39, 0.29) is 29.4 Å². The molecule has 3 rings (SSSR count). The second-order valence-electron chi connectivity index (χ2n) is 6.53. The molecule has 0 spiro atoms. The summed E-state index contributed by atoms with van der Waals surface area (Å²) in [6.45, 7) is 3.06. The van der Waals surface area contributed by atoms with Gasteiger partial charge in [0.15, 0.2) is 0 Å². The summed E-state index contributed by atoms with van der Waals surface area (Å²) >= 11 is 0. The highest BCUT2D eigenvalue weighted by molar-refractivity contribution is 5.99. The minimum absolute atomic E-state index is 0.0358. The summed E-state index contributed by atoms with van der Waals surface area (Å²) in [7, 11) is 0. The maximum absolute atomic E-state index is 13.8. The summed E-state index contributed by atoms with van der Waals surface area (Å²) in [5.74, 6) is -1.73. The van der Waals surface area contributed by atoms with Crippen LogP contribution in [-0.2, 0) is 4.79 Å². The van der Waals surface area contributed by atoms with Crippen LogP contribution in [0.25, 0.3) is 0 Å². The summed E-state index contributed by atoms with van der Waals surface area (Å²) < 4.78 is 15.3. The molecule has 1 fully saturated rings. The fourth-order valence-corrected chi connectivity index (χ4v) is 2.72. The topological polar surface area (TPSA) is 80.2 Å². The number of nitrogens with zero attached hydrogens (tertiary/aromatic N) is 1. The van der Waals surface area contributed by atoms with Gasteiger partial charge in [-0.2, -0.15) is 0 Å². The predicted molar refractivity (Wildman–Crippen MR) is 95.8 cm³/mol. The predicted octanol–water partition coefficient (Wildman–Crippen LogP) is 2.31. The van der Waals surface area contributed by atoms with Crippen LogP contribution in [0.2, 0.25) is 0 Å². The van der Waals surface area contributed by atoms with E-state index >= 15 is 0 Å². The lowest BCUT2D eigenvalue weighted by Crippen LogP contribution is -2.37.